The van der Waals surface area contributed by atoms with Crippen LogP contribution in [0.25, 0.3) is 0 Å². The molecule has 1 amide bonds. The molecule has 0 unspecified atom stereocenters. The highest BCUT2D eigenvalue weighted by Crippen LogP contribution is 2.16. The number of carbonyl (C=O) groups is 1. The number of hydrazone groups is 1. The summed E-state index contributed by atoms with van der Waals surface area (Å²) in [6, 6.07) is 25.5. The maximum Gasteiger partial charge on any atom is 0.323 e. The van der Waals surface area contributed by atoms with Gasteiger partial charge in [0.2, 0.25) is 0 Å². The van der Waals surface area contributed by atoms with E-state index < -0.39 is 12.2 Å². The Labute approximate surface area is 165 Å². The standard InChI is InChI=1S/C21H17BrN2O3/c22-19-14-8-7-9-16(19)15-23-24-20(25)21(26-17-10-3-1-4-11-17)27-18-12-5-2-6-13-18/h1-15,21H,(H,24,25)/b23-15-. The Hall–Kier alpha value is -3.12. The van der Waals surface area contributed by atoms with Crippen molar-refractivity contribution >= 4 is 28.1 Å². The fourth-order valence-corrected chi connectivity index (χ4v) is 2.56. The van der Waals surface area contributed by atoms with Crippen molar-refractivity contribution in [3.05, 3.63) is 95.0 Å². The molecule has 0 fully saturated rings. The summed E-state index contributed by atoms with van der Waals surface area (Å²) in [5.41, 5.74) is 3.29. The van der Waals surface area contributed by atoms with Crippen molar-refractivity contribution in [3.63, 3.8) is 0 Å². The van der Waals surface area contributed by atoms with Gasteiger partial charge in [0.25, 0.3) is 0 Å². The maximum atomic E-state index is 12.5. The fraction of sp³-hybridized carbons (Fsp3) is 0.0476. The number of hydrogen-bond donors (Lipinski definition) is 1. The summed E-state index contributed by atoms with van der Waals surface area (Å²) in [5, 5.41) is 3.99. The first-order valence-electron chi connectivity index (χ1n) is 8.23. The molecule has 0 aliphatic rings. The summed E-state index contributed by atoms with van der Waals surface area (Å²) in [5.74, 6) is 0.512. The van der Waals surface area contributed by atoms with Crippen LogP contribution in [0.4, 0.5) is 0 Å². The van der Waals surface area contributed by atoms with Crippen molar-refractivity contribution in [1.82, 2.24) is 5.43 Å². The van der Waals surface area contributed by atoms with Crippen LogP contribution < -0.4 is 14.9 Å². The Morgan fingerprint density at radius 1 is 0.852 bits per heavy atom. The maximum absolute atomic E-state index is 12.5. The van der Waals surface area contributed by atoms with Crippen LogP contribution in [0.2, 0.25) is 0 Å². The molecule has 0 radical (unpaired) electrons. The molecule has 0 spiro atoms. The Morgan fingerprint density at radius 3 is 1.93 bits per heavy atom. The molecule has 3 rings (SSSR count). The van der Waals surface area contributed by atoms with E-state index in [1.165, 1.54) is 0 Å². The highest BCUT2D eigenvalue weighted by molar-refractivity contribution is 9.10. The minimum atomic E-state index is -1.19. The molecule has 3 aromatic carbocycles. The van der Waals surface area contributed by atoms with E-state index in [9.17, 15) is 4.79 Å². The predicted octanol–water partition coefficient (Wildman–Crippen LogP) is 4.38. The van der Waals surface area contributed by atoms with Gasteiger partial charge in [0, 0.05) is 10.0 Å². The Bertz CT molecular complexity index is 860. The van der Waals surface area contributed by atoms with Gasteiger partial charge in [0.1, 0.15) is 11.5 Å². The largest absolute Gasteiger partial charge is 0.446 e. The number of halogens is 1. The summed E-state index contributed by atoms with van der Waals surface area (Å²) in [7, 11) is 0. The van der Waals surface area contributed by atoms with Gasteiger partial charge in [0.15, 0.2) is 0 Å². The quantitative estimate of drug-likeness (QED) is 0.347. The van der Waals surface area contributed by atoms with E-state index in [0.29, 0.717) is 11.5 Å². The number of para-hydroxylation sites is 2. The smallest absolute Gasteiger partial charge is 0.323 e. The van der Waals surface area contributed by atoms with Crippen molar-refractivity contribution in [1.29, 1.82) is 0 Å². The highest BCUT2D eigenvalue weighted by Gasteiger charge is 2.22. The number of nitrogens with zero attached hydrogens (tertiary/aromatic N) is 1. The third-order valence-electron chi connectivity index (χ3n) is 3.47. The summed E-state index contributed by atoms with van der Waals surface area (Å²) >= 11 is 3.43. The third-order valence-corrected chi connectivity index (χ3v) is 4.19. The second kappa shape index (κ2) is 9.54. The molecule has 0 atom stereocenters. The summed E-state index contributed by atoms with van der Waals surface area (Å²) in [6.07, 6.45) is 0.357. The van der Waals surface area contributed by atoms with Crippen LogP contribution in [0.5, 0.6) is 11.5 Å². The van der Waals surface area contributed by atoms with Crippen molar-refractivity contribution in [2.45, 2.75) is 6.29 Å². The second-order valence-corrected chi connectivity index (χ2v) is 6.30. The van der Waals surface area contributed by atoms with Crippen LogP contribution in [0.1, 0.15) is 5.56 Å². The summed E-state index contributed by atoms with van der Waals surface area (Å²) in [4.78, 5) is 12.5. The zero-order chi connectivity index (χ0) is 18.9. The Morgan fingerprint density at radius 2 is 1.37 bits per heavy atom. The van der Waals surface area contributed by atoms with Gasteiger partial charge in [0.05, 0.1) is 6.21 Å². The Balaban J connectivity index is 1.70. The number of amides is 1. The number of nitrogens with one attached hydrogen (secondary N) is 1. The van der Waals surface area contributed by atoms with Gasteiger partial charge in [-0.3, -0.25) is 4.79 Å². The van der Waals surface area contributed by atoms with E-state index in [4.69, 9.17) is 9.47 Å². The van der Waals surface area contributed by atoms with E-state index in [-0.39, 0.29) is 0 Å². The second-order valence-electron chi connectivity index (χ2n) is 5.45. The average molecular weight is 425 g/mol. The Kier molecular flexibility index (Phi) is 6.60. The van der Waals surface area contributed by atoms with Crippen LogP contribution >= 0.6 is 15.9 Å². The van der Waals surface area contributed by atoms with Gasteiger partial charge in [-0.05, 0) is 30.3 Å². The van der Waals surface area contributed by atoms with Gasteiger partial charge < -0.3 is 9.47 Å². The van der Waals surface area contributed by atoms with Crippen LogP contribution in [0, 0.1) is 0 Å². The molecule has 6 heteroatoms. The molecule has 0 saturated carbocycles. The fourth-order valence-electron chi connectivity index (χ4n) is 2.17. The lowest BCUT2D eigenvalue weighted by Crippen LogP contribution is -2.40. The first kappa shape index (κ1) is 18.7. The topological polar surface area (TPSA) is 59.9 Å². The number of hydrogen-bond acceptors (Lipinski definition) is 4. The number of rotatable bonds is 7. The van der Waals surface area contributed by atoms with Crippen molar-refractivity contribution in [2.75, 3.05) is 0 Å². The molecular formula is C21H17BrN2O3. The lowest BCUT2D eigenvalue weighted by atomic mass is 10.2. The first-order valence-corrected chi connectivity index (χ1v) is 9.02. The summed E-state index contributed by atoms with van der Waals surface area (Å²) < 4.78 is 12.3. The first-order chi connectivity index (χ1) is 13.2. The number of benzene rings is 3. The molecule has 5 nitrogen and oxygen atoms in total. The van der Waals surface area contributed by atoms with E-state index in [1.54, 1.807) is 30.5 Å². The molecule has 0 aliphatic carbocycles. The summed E-state index contributed by atoms with van der Waals surface area (Å²) in [6.45, 7) is 0. The SMILES string of the molecule is O=C(N/N=C\c1ccccc1Br)C(Oc1ccccc1)Oc1ccccc1. The average Bonchev–Trinajstić information content (AvgIpc) is 2.70. The minimum Gasteiger partial charge on any atom is -0.446 e. The monoisotopic (exact) mass is 424 g/mol. The lowest BCUT2D eigenvalue weighted by Gasteiger charge is -2.18. The lowest BCUT2D eigenvalue weighted by molar-refractivity contribution is -0.140. The molecule has 3 aromatic rings. The molecule has 1 N–H and O–H groups in total. The van der Waals surface area contributed by atoms with Gasteiger partial charge >= 0.3 is 12.2 Å². The molecule has 27 heavy (non-hydrogen) atoms. The van der Waals surface area contributed by atoms with Crippen molar-refractivity contribution in [3.8, 4) is 11.5 Å². The highest BCUT2D eigenvalue weighted by atomic mass is 79.9. The minimum absolute atomic E-state index is 0.517. The molecule has 0 saturated heterocycles. The van der Waals surface area contributed by atoms with Crippen LogP contribution in [0.15, 0.2) is 94.5 Å². The van der Waals surface area contributed by atoms with Gasteiger partial charge in [-0.15, -0.1) is 0 Å². The van der Waals surface area contributed by atoms with Crippen LogP contribution in [-0.2, 0) is 4.79 Å². The molecule has 0 heterocycles. The van der Waals surface area contributed by atoms with Crippen molar-refractivity contribution < 1.29 is 14.3 Å². The van der Waals surface area contributed by atoms with E-state index >= 15 is 0 Å². The number of ether oxygens (including phenoxy) is 2. The molecule has 136 valence electrons. The third kappa shape index (κ3) is 5.69. The predicted molar refractivity (Wildman–Crippen MR) is 108 cm³/mol. The van der Waals surface area contributed by atoms with Gasteiger partial charge in [-0.1, -0.05) is 70.5 Å². The van der Waals surface area contributed by atoms with Gasteiger partial charge in [-0.25, -0.2) is 5.43 Å². The molecule has 0 aromatic heterocycles. The van der Waals surface area contributed by atoms with Gasteiger partial charge in [-0.2, -0.15) is 5.10 Å². The van der Waals surface area contributed by atoms with E-state index in [0.717, 1.165) is 10.0 Å². The number of carbonyl (C=O) groups excluding carboxylic acids is 1. The van der Waals surface area contributed by atoms with Crippen LogP contribution in [0.3, 0.4) is 0 Å². The normalized spacial score (nSPS) is 10.7. The molecule has 0 aliphatic heterocycles. The van der Waals surface area contributed by atoms with E-state index in [2.05, 4.69) is 26.5 Å². The zero-order valence-electron chi connectivity index (χ0n) is 14.3. The van der Waals surface area contributed by atoms with E-state index in [1.807, 2.05) is 60.7 Å². The molecule has 0 bridgehead atoms. The van der Waals surface area contributed by atoms with Crippen LogP contribution in [-0.4, -0.2) is 18.4 Å². The van der Waals surface area contributed by atoms with Crippen molar-refractivity contribution in [2.24, 2.45) is 5.10 Å². The molecular weight excluding hydrogens is 408 g/mol. The zero-order valence-corrected chi connectivity index (χ0v) is 15.9.